The van der Waals surface area contributed by atoms with Crippen LogP contribution in [0, 0.1) is 11.6 Å². The van der Waals surface area contributed by atoms with Gasteiger partial charge in [0, 0.05) is 10.0 Å². The summed E-state index contributed by atoms with van der Waals surface area (Å²) >= 11 is 4.66. The molecule has 1 aromatic heterocycles. The number of benzene rings is 2. The van der Waals surface area contributed by atoms with Gasteiger partial charge in [0.15, 0.2) is 16.8 Å². The van der Waals surface area contributed by atoms with Crippen molar-refractivity contribution in [2.24, 2.45) is 0 Å². The van der Waals surface area contributed by atoms with Gasteiger partial charge in [0.2, 0.25) is 0 Å². The molecule has 7 heteroatoms. The summed E-state index contributed by atoms with van der Waals surface area (Å²) in [4.78, 5) is 16.2. The first-order valence-electron chi connectivity index (χ1n) is 5.85. The van der Waals surface area contributed by atoms with E-state index in [2.05, 4.69) is 26.2 Å². The van der Waals surface area contributed by atoms with Crippen LogP contribution in [-0.2, 0) is 0 Å². The number of aromatic nitrogens is 1. The average molecular weight is 369 g/mol. The summed E-state index contributed by atoms with van der Waals surface area (Å²) in [6, 6.07) is 8.55. The zero-order valence-electron chi connectivity index (χ0n) is 10.4. The number of amides is 1. The number of carbonyl (C=O) groups is 1. The molecule has 3 aromatic rings. The molecule has 0 saturated heterocycles. The Morgan fingerprint density at radius 1 is 1.14 bits per heavy atom. The van der Waals surface area contributed by atoms with E-state index in [1.54, 1.807) is 0 Å². The van der Waals surface area contributed by atoms with Gasteiger partial charge in [-0.25, -0.2) is 13.8 Å². The third-order valence-corrected chi connectivity index (χ3v) is 4.18. The zero-order chi connectivity index (χ0) is 15.0. The molecule has 0 fully saturated rings. The highest BCUT2D eigenvalue weighted by Crippen LogP contribution is 2.28. The zero-order valence-corrected chi connectivity index (χ0v) is 12.8. The molecule has 0 aliphatic heterocycles. The fraction of sp³-hybridized carbons (Fsp3) is 0. The molecular weight excluding hydrogens is 362 g/mol. The molecule has 1 N–H and O–H groups in total. The maximum atomic E-state index is 13.1. The highest BCUT2D eigenvalue weighted by Gasteiger charge is 2.12. The van der Waals surface area contributed by atoms with Crippen molar-refractivity contribution in [3.63, 3.8) is 0 Å². The average Bonchev–Trinajstić information content (AvgIpc) is 2.83. The molecule has 0 atom stereocenters. The summed E-state index contributed by atoms with van der Waals surface area (Å²) in [6.45, 7) is 0. The largest absolute Gasteiger partial charge is 0.298 e. The van der Waals surface area contributed by atoms with E-state index in [0.29, 0.717) is 5.13 Å². The molecule has 0 aliphatic carbocycles. The monoisotopic (exact) mass is 368 g/mol. The van der Waals surface area contributed by atoms with Crippen molar-refractivity contribution in [2.45, 2.75) is 0 Å². The third kappa shape index (κ3) is 2.93. The molecule has 0 saturated carbocycles. The second-order valence-electron chi connectivity index (χ2n) is 4.21. The minimum atomic E-state index is -1.06. The number of rotatable bonds is 2. The Bertz CT molecular complexity index is 850. The predicted molar refractivity (Wildman–Crippen MR) is 81.6 cm³/mol. The van der Waals surface area contributed by atoms with Crippen LogP contribution in [0.2, 0.25) is 0 Å². The standard InChI is InChI=1S/C14H7BrF2N2OS/c15-8-2-4-11-12(6-8)21-14(18-11)19-13(20)7-1-3-9(16)10(17)5-7/h1-6H,(H,18,19,20). The number of thiazole rings is 1. The molecule has 0 bridgehead atoms. The number of carbonyl (C=O) groups excluding carboxylic acids is 1. The summed E-state index contributed by atoms with van der Waals surface area (Å²) in [5.74, 6) is -2.58. The predicted octanol–water partition coefficient (Wildman–Crippen LogP) is 4.59. The second kappa shape index (κ2) is 5.50. The van der Waals surface area contributed by atoms with E-state index in [1.807, 2.05) is 18.2 Å². The summed E-state index contributed by atoms with van der Waals surface area (Å²) in [5.41, 5.74) is 0.790. The van der Waals surface area contributed by atoms with Gasteiger partial charge in [-0.2, -0.15) is 0 Å². The lowest BCUT2D eigenvalue weighted by atomic mass is 10.2. The fourth-order valence-corrected chi connectivity index (χ4v) is 3.17. The van der Waals surface area contributed by atoms with E-state index >= 15 is 0 Å². The van der Waals surface area contributed by atoms with Gasteiger partial charge in [-0.3, -0.25) is 10.1 Å². The molecule has 3 nitrogen and oxygen atoms in total. The van der Waals surface area contributed by atoms with Crippen LogP contribution in [-0.4, -0.2) is 10.9 Å². The number of nitrogens with one attached hydrogen (secondary N) is 1. The minimum absolute atomic E-state index is 0.0364. The quantitative estimate of drug-likeness (QED) is 0.718. The Balaban J connectivity index is 1.87. The first kappa shape index (κ1) is 14.1. The van der Waals surface area contributed by atoms with Gasteiger partial charge in [0.25, 0.3) is 5.91 Å². The van der Waals surface area contributed by atoms with Crippen molar-refractivity contribution in [2.75, 3.05) is 5.32 Å². The van der Waals surface area contributed by atoms with E-state index in [0.717, 1.165) is 26.8 Å². The first-order chi connectivity index (χ1) is 10.0. The Morgan fingerprint density at radius 2 is 1.95 bits per heavy atom. The van der Waals surface area contributed by atoms with Crippen LogP contribution in [0.3, 0.4) is 0 Å². The van der Waals surface area contributed by atoms with Crippen LogP contribution < -0.4 is 5.32 Å². The number of nitrogens with zero attached hydrogens (tertiary/aromatic N) is 1. The normalized spacial score (nSPS) is 10.8. The third-order valence-electron chi connectivity index (χ3n) is 2.75. The molecule has 0 radical (unpaired) electrons. The van der Waals surface area contributed by atoms with Crippen molar-refractivity contribution in [1.29, 1.82) is 0 Å². The number of fused-ring (bicyclic) bond motifs is 1. The Kier molecular flexibility index (Phi) is 3.69. The molecule has 2 aromatic carbocycles. The summed E-state index contributed by atoms with van der Waals surface area (Å²) in [5, 5.41) is 2.98. The maximum Gasteiger partial charge on any atom is 0.257 e. The number of halogens is 3. The van der Waals surface area contributed by atoms with Gasteiger partial charge in [0.1, 0.15) is 0 Å². The van der Waals surface area contributed by atoms with Crippen molar-refractivity contribution in [1.82, 2.24) is 4.98 Å². The molecule has 3 rings (SSSR count). The van der Waals surface area contributed by atoms with Crippen molar-refractivity contribution < 1.29 is 13.6 Å². The lowest BCUT2D eigenvalue weighted by Crippen LogP contribution is -2.12. The van der Waals surface area contributed by atoms with Crippen LogP contribution >= 0.6 is 27.3 Å². The van der Waals surface area contributed by atoms with Crippen LogP contribution in [0.4, 0.5) is 13.9 Å². The van der Waals surface area contributed by atoms with Crippen LogP contribution in [0.5, 0.6) is 0 Å². The van der Waals surface area contributed by atoms with Gasteiger partial charge in [-0.15, -0.1) is 0 Å². The molecule has 21 heavy (non-hydrogen) atoms. The first-order valence-corrected chi connectivity index (χ1v) is 7.46. The molecule has 0 spiro atoms. The van der Waals surface area contributed by atoms with E-state index in [4.69, 9.17) is 0 Å². The molecule has 0 aliphatic rings. The van der Waals surface area contributed by atoms with Gasteiger partial charge < -0.3 is 0 Å². The SMILES string of the molecule is O=C(Nc1nc2ccc(Br)cc2s1)c1ccc(F)c(F)c1. The summed E-state index contributed by atoms with van der Waals surface area (Å²) in [6.07, 6.45) is 0. The highest BCUT2D eigenvalue weighted by molar-refractivity contribution is 9.10. The fourth-order valence-electron chi connectivity index (χ4n) is 1.76. The number of anilines is 1. The van der Waals surface area contributed by atoms with Crippen LogP contribution in [0.15, 0.2) is 40.9 Å². The molecular formula is C14H7BrF2N2OS. The number of hydrogen-bond acceptors (Lipinski definition) is 3. The van der Waals surface area contributed by atoms with Gasteiger partial charge in [-0.05, 0) is 36.4 Å². The lowest BCUT2D eigenvalue weighted by Gasteiger charge is -2.01. The summed E-state index contributed by atoms with van der Waals surface area (Å²) < 4.78 is 27.8. The van der Waals surface area contributed by atoms with Crippen molar-refractivity contribution in [3.8, 4) is 0 Å². The highest BCUT2D eigenvalue weighted by atomic mass is 79.9. The molecule has 1 heterocycles. The van der Waals surface area contributed by atoms with E-state index in [-0.39, 0.29) is 5.56 Å². The summed E-state index contributed by atoms with van der Waals surface area (Å²) in [7, 11) is 0. The van der Waals surface area contributed by atoms with Crippen molar-refractivity contribution in [3.05, 3.63) is 58.1 Å². The number of hydrogen-bond donors (Lipinski definition) is 1. The minimum Gasteiger partial charge on any atom is -0.298 e. The Labute approximate surface area is 130 Å². The van der Waals surface area contributed by atoms with Crippen LogP contribution in [0.1, 0.15) is 10.4 Å². The lowest BCUT2D eigenvalue weighted by molar-refractivity contribution is 0.102. The molecule has 0 unspecified atom stereocenters. The van der Waals surface area contributed by atoms with E-state index < -0.39 is 17.5 Å². The Morgan fingerprint density at radius 3 is 2.71 bits per heavy atom. The van der Waals surface area contributed by atoms with Crippen molar-refractivity contribution >= 4 is 48.5 Å². The smallest absolute Gasteiger partial charge is 0.257 e. The van der Waals surface area contributed by atoms with Gasteiger partial charge in [-0.1, -0.05) is 27.3 Å². The van der Waals surface area contributed by atoms with E-state index in [9.17, 15) is 13.6 Å². The molecule has 1 amide bonds. The van der Waals surface area contributed by atoms with E-state index in [1.165, 1.54) is 17.4 Å². The van der Waals surface area contributed by atoms with Crippen LogP contribution in [0.25, 0.3) is 10.2 Å². The maximum absolute atomic E-state index is 13.1. The molecule has 106 valence electrons. The Hall–Kier alpha value is -1.86. The van der Waals surface area contributed by atoms with Gasteiger partial charge >= 0.3 is 0 Å². The second-order valence-corrected chi connectivity index (χ2v) is 6.16. The topological polar surface area (TPSA) is 42.0 Å². The van der Waals surface area contributed by atoms with Gasteiger partial charge in [0.05, 0.1) is 10.2 Å².